The first-order valence-electron chi connectivity index (χ1n) is 8.60. The number of nitrogens with one attached hydrogen (secondary N) is 1. The molecule has 1 N–H and O–H groups in total. The monoisotopic (exact) mass is 397 g/mol. The number of methoxy groups -OCH3 is 1. The minimum atomic E-state index is -0.527. The van der Waals surface area contributed by atoms with E-state index in [1.165, 1.54) is 30.1 Å². The number of nitrogens with zero attached hydrogens (tertiary/aromatic N) is 2. The van der Waals surface area contributed by atoms with Crippen molar-refractivity contribution in [1.82, 2.24) is 9.78 Å². The lowest BCUT2D eigenvalue weighted by Gasteiger charge is -2.16. The normalized spacial score (nSPS) is 10.5. The number of ether oxygens (including phenoxy) is 1. The SMILES string of the molecule is CCn1nc(-c2ccccc2)c(C(C)=O)c(Nc2cscc2C(=O)OC)c1=O. The van der Waals surface area contributed by atoms with Crippen molar-refractivity contribution in [1.29, 1.82) is 0 Å². The minimum Gasteiger partial charge on any atom is -0.465 e. The average molecular weight is 397 g/mol. The van der Waals surface area contributed by atoms with Gasteiger partial charge < -0.3 is 10.1 Å². The number of ketones is 1. The van der Waals surface area contributed by atoms with Gasteiger partial charge in [0, 0.05) is 22.9 Å². The van der Waals surface area contributed by atoms with Gasteiger partial charge in [0.2, 0.25) is 0 Å². The Labute approximate surface area is 165 Å². The van der Waals surface area contributed by atoms with Crippen LogP contribution in [0.5, 0.6) is 0 Å². The number of rotatable bonds is 6. The van der Waals surface area contributed by atoms with Crippen molar-refractivity contribution in [2.45, 2.75) is 20.4 Å². The van der Waals surface area contributed by atoms with Crippen LogP contribution in [0.4, 0.5) is 11.4 Å². The summed E-state index contributed by atoms with van der Waals surface area (Å²) in [5.74, 6) is -0.828. The number of aryl methyl sites for hydroxylation is 1. The van der Waals surface area contributed by atoms with Gasteiger partial charge in [-0.2, -0.15) is 5.10 Å². The van der Waals surface area contributed by atoms with Crippen LogP contribution in [-0.2, 0) is 11.3 Å². The second-order valence-corrected chi connectivity index (χ2v) is 6.70. The van der Waals surface area contributed by atoms with Crippen LogP contribution in [0.25, 0.3) is 11.3 Å². The van der Waals surface area contributed by atoms with E-state index in [2.05, 4.69) is 10.4 Å². The highest BCUT2D eigenvalue weighted by Gasteiger charge is 2.23. The molecule has 1 aromatic carbocycles. The first-order valence-corrected chi connectivity index (χ1v) is 9.55. The Morgan fingerprint density at radius 1 is 1.21 bits per heavy atom. The molecule has 2 aromatic heterocycles. The highest BCUT2D eigenvalue weighted by atomic mass is 32.1. The summed E-state index contributed by atoms with van der Waals surface area (Å²) in [6, 6.07) is 9.19. The number of carbonyl (C=O) groups is 2. The molecule has 0 fully saturated rings. The molecule has 0 aliphatic carbocycles. The number of carbonyl (C=O) groups excluding carboxylic acids is 2. The van der Waals surface area contributed by atoms with Crippen LogP contribution >= 0.6 is 11.3 Å². The summed E-state index contributed by atoms with van der Waals surface area (Å²) >= 11 is 1.29. The van der Waals surface area contributed by atoms with Crippen LogP contribution in [0.3, 0.4) is 0 Å². The first-order chi connectivity index (χ1) is 13.5. The lowest BCUT2D eigenvalue weighted by molar-refractivity contribution is 0.0602. The molecule has 0 saturated carbocycles. The van der Waals surface area contributed by atoms with E-state index in [0.717, 1.165) is 5.56 Å². The molecule has 0 atom stereocenters. The summed E-state index contributed by atoms with van der Waals surface area (Å²) in [6.07, 6.45) is 0. The molecule has 0 unspecified atom stereocenters. The summed E-state index contributed by atoms with van der Waals surface area (Å²) < 4.78 is 6.08. The van der Waals surface area contributed by atoms with Gasteiger partial charge in [-0.25, -0.2) is 9.48 Å². The van der Waals surface area contributed by atoms with E-state index in [0.29, 0.717) is 23.5 Å². The molecule has 144 valence electrons. The van der Waals surface area contributed by atoms with Crippen molar-refractivity contribution in [3.8, 4) is 11.3 Å². The molecule has 3 rings (SSSR count). The Bertz CT molecular complexity index is 1090. The van der Waals surface area contributed by atoms with Gasteiger partial charge in [-0.1, -0.05) is 30.3 Å². The van der Waals surface area contributed by atoms with Crippen LogP contribution in [0.2, 0.25) is 0 Å². The van der Waals surface area contributed by atoms with Gasteiger partial charge in [0.15, 0.2) is 5.78 Å². The van der Waals surface area contributed by atoms with Crippen molar-refractivity contribution >= 4 is 34.5 Å². The third-order valence-electron chi connectivity index (χ3n) is 4.18. The molecule has 0 aliphatic rings. The number of Topliss-reactive ketones (excluding diaryl/α,β-unsaturated/α-hetero) is 1. The van der Waals surface area contributed by atoms with Gasteiger partial charge >= 0.3 is 5.97 Å². The van der Waals surface area contributed by atoms with E-state index in [4.69, 9.17) is 4.74 Å². The molecule has 0 bridgehead atoms. The Morgan fingerprint density at radius 3 is 2.54 bits per heavy atom. The predicted octanol–water partition coefficient (Wildman–Crippen LogP) is 3.72. The summed E-state index contributed by atoms with van der Waals surface area (Å²) in [5.41, 5.74) is 1.67. The number of hydrogen-bond donors (Lipinski definition) is 1. The van der Waals surface area contributed by atoms with Crippen molar-refractivity contribution in [2.75, 3.05) is 12.4 Å². The summed E-state index contributed by atoms with van der Waals surface area (Å²) in [6.45, 7) is 3.52. The second-order valence-electron chi connectivity index (χ2n) is 5.96. The van der Waals surface area contributed by atoms with Crippen LogP contribution in [0.1, 0.15) is 34.6 Å². The van der Waals surface area contributed by atoms with Crippen molar-refractivity contribution in [3.05, 3.63) is 62.6 Å². The molecule has 28 heavy (non-hydrogen) atoms. The Hall–Kier alpha value is -3.26. The molecule has 0 spiro atoms. The minimum absolute atomic E-state index is 0.0896. The van der Waals surface area contributed by atoms with Crippen LogP contribution < -0.4 is 10.9 Å². The molecule has 0 radical (unpaired) electrons. The maximum atomic E-state index is 13.0. The molecular formula is C20H19N3O4S. The fourth-order valence-electron chi connectivity index (χ4n) is 2.84. The van der Waals surface area contributed by atoms with Crippen molar-refractivity contribution < 1.29 is 14.3 Å². The third-order valence-corrected chi connectivity index (χ3v) is 4.93. The van der Waals surface area contributed by atoms with Gasteiger partial charge in [0.05, 0.1) is 23.9 Å². The Morgan fingerprint density at radius 2 is 1.93 bits per heavy atom. The van der Waals surface area contributed by atoms with E-state index < -0.39 is 11.5 Å². The zero-order chi connectivity index (χ0) is 20.3. The maximum absolute atomic E-state index is 13.0. The molecule has 2 heterocycles. The number of esters is 1. The Balaban J connectivity index is 2.26. The molecule has 0 amide bonds. The van der Waals surface area contributed by atoms with Crippen molar-refractivity contribution in [2.24, 2.45) is 0 Å². The molecule has 8 heteroatoms. The summed E-state index contributed by atoms with van der Waals surface area (Å²) in [4.78, 5) is 37.4. The zero-order valence-electron chi connectivity index (χ0n) is 15.7. The average Bonchev–Trinajstić information content (AvgIpc) is 3.17. The highest BCUT2D eigenvalue weighted by molar-refractivity contribution is 7.08. The lowest BCUT2D eigenvalue weighted by atomic mass is 10.0. The van der Waals surface area contributed by atoms with Gasteiger partial charge in [-0.05, 0) is 13.8 Å². The summed E-state index contributed by atoms with van der Waals surface area (Å²) in [5, 5.41) is 10.7. The van der Waals surface area contributed by atoms with E-state index in [9.17, 15) is 14.4 Å². The zero-order valence-corrected chi connectivity index (χ0v) is 16.5. The van der Waals surface area contributed by atoms with E-state index in [1.807, 2.05) is 30.3 Å². The number of hydrogen-bond acceptors (Lipinski definition) is 7. The standard InChI is InChI=1S/C20H19N3O4S/c1-4-23-19(25)18(21-15-11-28-10-14(15)20(26)27-3)16(12(2)24)17(22-23)13-8-6-5-7-9-13/h5-11,21H,4H2,1-3H3. The molecule has 7 nitrogen and oxygen atoms in total. The first kappa shape index (κ1) is 19.5. The smallest absolute Gasteiger partial charge is 0.340 e. The van der Waals surface area contributed by atoms with Crippen LogP contribution in [0.15, 0.2) is 45.9 Å². The molecule has 0 aliphatic heterocycles. The topological polar surface area (TPSA) is 90.3 Å². The van der Waals surface area contributed by atoms with Crippen molar-refractivity contribution in [3.63, 3.8) is 0 Å². The lowest BCUT2D eigenvalue weighted by Crippen LogP contribution is -2.28. The molecule has 0 saturated heterocycles. The van der Waals surface area contributed by atoms with E-state index in [1.54, 1.807) is 17.7 Å². The Kier molecular flexibility index (Phi) is 5.70. The largest absolute Gasteiger partial charge is 0.465 e. The van der Waals surface area contributed by atoms with Gasteiger partial charge in [-0.3, -0.25) is 9.59 Å². The highest BCUT2D eigenvalue weighted by Crippen LogP contribution is 2.30. The number of anilines is 2. The van der Waals surface area contributed by atoms with Gasteiger partial charge in [0.25, 0.3) is 5.56 Å². The third kappa shape index (κ3) is 3.59. The number of aromatic nitrogens is 2. The quantitative estimate of drug-likeness (QED) is 0.504. The summed E-state index contributed by atoms with van der Waals surface area (Å²) in [7, 11) is 1.29. The van der Waals surface area contributed by atoms with Crippen LogP contribution in [-0.4, -0.2) is 28.6 Å². The molecule has 3 aromatic rings. The predicted molar refractivity (Wildman–Crippen MR) is 109 cm³/mol. The maximum Gasteiger partial charge on any atom is 0.340 e. The molecular weight excluding hydrogens is 378 g/mol. The number of thiophene rings is 1. The van der Waals surface area contributed by atoms with E-state index >= 15 is 0 Å². The fraction of sp³-hybridized carbons (Fsp3) is 0.200. The van der Waals surface area contributed by atoms with Gasteiger partial charge in [0.1, 0.15) is 11.4 Å². The fourth-order valence-corrected chi connectivity index (χ4v) is 3.59. The number of benzene rings is 1. The van der Waals surface area contributed by atoms with E-state index in [-0.39, 0.29) is 17.0 Å². The van der Waals surface area contributed by atoms with Gasteiger partial charge in [-0.15, -0.1) is 11.3 Å². The van der Waals surface area contributed by atoms with Crippen LogP contribution in [0, 0.1) is 0 Å². The second kappa shape index (κ2) is 8.18.